The van der Waals surface area contributed by atoms with Crippen LogP contribution in [-0.4, -0.2) is 30.3 Å². The van der Waals surface area contributed by atoms with Gasteiger partial charge in [0.25, 0.3) is 0 Å². The van der Waals surface area contributed by atoms with Gasteiger partial charge in [0.2, 0.25) is 5.91 Å². The number of aromatic nitrogens is 1. The van der Waals surface area contributed by atoms with E-state index in [0.717, 1.165) is 11.3 Å². The van der Waals surface area contributed by atoms with Gasteiger partial charge >= 0.3 is 0 Å². The molecule has 3 rings (SSSR count). The maximum absolute atomic E-state index is 15.0. The number of methoxy groups -OCH3 is 1. The van der Waals surface area contributed by atoms with Crippen molar-refractivity contribution >= 4 is 45.8 Å². The molecule has 8 heteroatoms. The summed E-state index contributed by atoms with van der Waals surface area (Å²) in [6.07, 6.45) is 0.454. The molecule has 1 amide bonds. The van der Waals surface area contributed by atoms with Crippen molar-refractivity contribution < 1.29 is 18.7 Å². The van der Waals surface area contributed by atoms with Crippen molar-refractivity contribution in [2.45, 2.75) is 40.0 Å². The normalized spacial score (nSPS) is 11.5. The number of nitrogens with one attached hydrogen (secondary N) is 2. The number of hydrogen-bond donors (Lipinski definition) is 2. The third-order valence-electron chi connectivity index (χ3n) is 5.51. The van der Waals surface area contributed by atoms with Crippen LogP contribution in [0.2, 0.25) is 10.0 Å². The molecule has 176 valence electrons. The van der Waals surface area contributed by atoms with Crippen molar-refractivity contribution in [2.24, 2.45) is 5.92 Å². The summed E-state index contributed by atoms with van der Waals surface area (Å²) in [5.74, 6) is -1.41. The maximum atomic E-state index is 15.0. The lowest BCUT2D eigenvalue weighted by Gasteiger charge is -2.14. The van der Waals surface area contributed by atoms with Crippen LogP contribution in [0.3, 0.4) is 0 Å². The summed E-state index contributed by atoms with van der Waals surface area (Å²) < 4.78 is 20.3. The van der Waals surface area contributed by atoms with Crippen LogP contribution >= 0.6 is 23.2 Å². The smallest absolute Gasteiger partial charge is 0.222 e. The zero-order chi connectivity index (χ0) is 24.4. The Labute approximate surface area is 202 Å². The fraction of sp³-hybridized carbons (Fsp3) is 0.360. The van der Waals surface area contributed by atoms with E-state index in [0.29, 0.717) is 28.9 Å². The summed E-state index contributed by atoms with van der Waals surface area (Å²) in [7, 11) is 1.32. The Morgan fingerprint density at radius 3 is 2.42 bits per heavy atom. The van der Waals surface area contributed by atoms with Crippen molar-refractivity contribution in [2.75, 3.05) is 13.7 Å². The number of ketones is 1. The molecule has 1 aromatic heterocycles. The largest absolute Gasteiger partial charge is 0.493 e. The maximum Gasteiger partial charge on any atom is 0.222 e. The third kappa shape index (κ3) is 5.02. The number of ether oxygens (including phenoxy) is 1. The Bertz CT molecular complexity index is 1220. The van der Waals surface area contributed by atoms with Gasteiger partial charge in [0.15, 0.2) is 17.3 Å². The summed E-state index contributed by atoms with van der Waals surface area (Å²) in [4.78, 5) is 29.0. The van der Waals surface area contributed by atoms with E-state index in [1.807, 2.05) is 27.7 Å². The quantitative estimate of drug-likeness (QED) is 0.362. The zero-order valence-electron chi connectivity index (χ0n) is 19.2. The van der Waals surface area contributed by atoms with Crippen LogP contribution in [0.4, 0.5) is 4.39 Å². The van der Waals surface area contributed by atoms with E-state index in [-0.39, 0.29) is 39.6 Å². The molecule has 0 aliphatic carbocycles. The molecule has 0 unspecified atom stereocenters. The van der Waals surface area contributed by atoms with Gasteiger partial charge in [-0.25, -0.2) is 4.39 Å². The minimum atomic E-state index is -0.658. The van der Waals surface area contributed by atoms with Gasteiger partial charge in [0, 0.05) is 45.7 Å². The first-order chi connectivity index (χ1) is 15.6. The average molecular weight is 493 g/mol. The Morgan fingerprint density at radius 2 is 1.85 bits per heavy atom. The molecule has 2 N–H and O–H groups in total. The highest BCUT2D eigenvalue weighted by atomic mass is 35.5. The molecule has 0 atom stereocenters. The number of rotatable bonds is 8. The minimum absolute atomic E-state index is 0.0613. The molecule has 0 radical (unpaired) electrons. The van der Waals surface area contributed by atoms with E-state index in [1.54, 1.807) is 6.07 Å². The number of fused-ring (bicyclic) bond motifs is 1. The fourth-order valence-corrected chi connectivity index (χ4v) is 4.39. The number of carbonyl (C=O) groups excluding carboxylic acids is 2. The van der Waals surface area contributed by atoms with Crippen molar-refractivity contribution in [3.05, 3.63) is 62.5 Å². The number of hydrogen-bond acceptors (Lipinski definition) is 3. The average Bonchev–Trinajstić information content (AvgIpc) is 3.10. The summed E-state index contributed by atoms with van der Waals surface area (Å²) in [6, 6.07) is 5.87. The molecule has 0 bridgehead atoms. The van der Waals surface area contributed by atoms with E-state index in [2.05, 4.69) is 10.3 Å². The van der Waals surface area contributed by atoms with E-state index in [9.17, 15) is 9.59 Å². The van der Waals surface area contributed by atoms with Crippen molar-refractivity contribution in [1.29, 1.82) is 0 Å². The molecule has 3 aromatic rings. The molecule has 0 saturated heterocycles. The minimum Gasteiger partial charge on any atom is -0.493 e. The van der Waals surface area contributed by atoms with Crippen molar-refractivity contribution in [3.8, 4) is 5.75 Å². The highest BCUT2D eigenvalue weighted by Crippen LogP contribution is 2.39. The molecule has 0 aliphatic heterocycles. The zero-order valence-corrected chi connectivity index (χ0v) is 20.7. The number of aromatic amines is 1. The molecule has 0 saturated carbocycles. The number of benzene rings is 2. The lowest BCUT2D eigenvalue weighted by molar-refractivity contribution is -0.123. The predicted molar refractivity (Wildman–Crippen MR) is 130 cm³/mol. The Balaban J connectivity index is 2.24. The number of carbonyl (C=O) groups is 2. The van der Waals surface area contributed by atoms with Gasteiger partial charge < -0.3 is 15.0 Å². The SMILES string of the molecule is COc1c(F)cc2[nH]c(C(C)C)c(CCNC(=O)C(C)C)c2c1C(=O)c1ccc(Cl)cc1Cl. The molecule has 0 aliphatic rings. The monoisotopic (exact) mass is 492 g/mol. The van der Waals surface area contributed by atoms with Crippen LogP contribution in [0.5, 0.6) is 5.75 Å². The first kappa shape index (κ1) is 25.1. The number of halogens is 3. The van der Waals surface area contributed by atoms with Gasteiger partial charge in [-0.15, -0.1) is 0 Å². The summed E-state index contributed by atoms with van der Waals surface area (Å²) in [5.41, 5.74) is 2.46. The molecule has 0 spiro atoms. The van der Waals surface area contributed by atoms with E-state index >= 15 is 4.39 Å². The first-order valence-electron chi connectivity index (χ1n) is 10.7. The molecule has 33 heavy (non-hydrogen) atoms. The van der Waals surface area contributed by atoms with Crippen molar-refractivity contribution in [3.63, 3.8) is 0 Å². The molecule has 5 nitrogen and oxygen atoms in total. The fourth-order valence-electron chi connectivity index (χ4n) is 3.89. The Hall–Kier alpha value is -2.57. The van der Waals surface area contributed by atoms with Crippen LogP contribution < -0.4 is 10.1 Å². The van der Waals surface area contributed by atoms with Crippen LogP contribution in [0.1, 0.15) is 60.8 Å². The predicted octanol–water partition coefficient (Wildman–Crippen LogP) is 6.29. The second kappa shape index (κ2) is 10.1. The second-order valence-corrected chi connectivity index (χ2v) is 9.35. The topological polar surface area (TPSA) is 71.2 Å². The van der Waals surface area contributed by atoms with Crippen LogP contribution in [0, 0.1) is 11.7 Å². The van der Waals surface area contributed by atoms with Gasteiger partial charge in [-0.3, -0.25) is 9.59 Å². The highest BCUT2D eigenvalue weighted by molar-refractivity contribution is 6.38. The second-order valence-electron chi connectivity index (χ2n) is 8.51. The number of H-pyrrole nitrogens is 1. The van der Waals surface area contributed by atoms with Crippen molar-refractivity contribution in [1.82, 2.24) is 10.3 Å². The molecular formula is C25H27Cl2FN2O3. The number of amides is 1. The highest BCUT2D eigenvalue weighted by Gasteiger charge is 2.28. The van der Waals surface area contributed by atoms with Gasteiger partial charge in [-0.2, -0.15) is 0 Å². The molecular weight excluding hydrogens is 466 g/mol. The van der Waals surface area contributed by atoms with Crippen LogP contribution in [0.25, 0.3) is 10.9 Å². The summed E-state index contributed by atoms with van der Waals surface area (Å²) in [6.45, 7) is 8.03. The van der Waals surface area contributed by atoms with Crippen LogP contribution in [0.15, 0.2) is 24.3 Å². The van der Waals surface area contributed by atoms with Gasteiger partial charge in [-0.1, -0.05) is 50.9 Å². The third-order valence-corrected chi connectivity index (χ3v) is 6.06. The Morgan fingerprint density at radius 1 is 1.15 bits per heavy atom. The lowest BCUT2D eigenvalue weighted by atomic mass is 9.93. The lowest BCUT2D eigenvalue weighted by Crippen LogP contribution is -2.29. The van der Waals surface area contributed by atoms with Gasteiger partial charge in [0.1, 0.15) is 0 Å². The van der Waals surface area contributed by atoms with E-state index in [4.69, 9.17) is 27.9 Å². The standard InChI is InChI=1S/C25H27Cl2FN2O3/c1-12(2)22-16(8-9-29-25(32)13(3)4)20-19(30-22)11-18(28)24(33-5)21(20)23(31)15-7-6-14(26)10-17(15)27/h6-7,10-13,30H,8-9H2,1-5H3,(H,29,32). The molecule has 0 fully saturated rings. The molecule has 1 heterocycles. The first-order valence-corrected chi connectivity index (χ1v) is 11.5. The van der Waals surface area contributed by atoms with E-state index in [1.165, 1.54) is 25.3 Å². The summed E-state index contributed by atoms with van der Waals surface area (Å²) >= 11 is 12.3. The van der Waals surface area contributed by atoms with Crippen LogP contribution in [-0.2, 0) is 11.2 Å². The van der Waals surface area contributed by atoms with E-state index < -0.39 is 11.6 Å². The summed E-state index contributed by atoms with van der Waals surface area (Å²) in [5, 5.41) is 4.02. The van der Waals surface area contributed by atoms with Gasteiger partial charge in [-0.05, 0) is 36.1 Å². The Kier molecular flexibility index (Phi) is 7.70. The molecule has 2 aromatic carbocycles. The van der Waals surface area contributed by atoms with Gasteiger partial charge in [0.05, 0.1) is 17.7 Å².